The molecule has 0 fully saturated rings. The highest BCUT2D eigenvalue weighted by molar-refractivity contribution is 7.98. The molecule has 0 aliphatic carbocycles. The Hall–Kier alpha value is -2.73. The number of hydrogen-bond donors (Lipinski definition) is 1. The van der Waals surface area contributed by atoms with E-state index in [0.717, 1.165) is 38.5 Å². The number of aromatic amines is 1. The monoisotopic (exact) mass is 352 g/mol. The van der Waals surface area contributed by atoms with Crippen LogP contribution in [0.5, 0.6) is 5.75 Å². The van der Waals surface area contributed by atoms with Gasteiger partial charge in [-0.3, -0.25) is 0 Å². The van der Waals surface area contributed by atoms with Gasteiger partial charge in [0, 0.05) is 23.3 Å². The van der Waals surface area contributed by atoms with Crippen LogP contribution in [0.2, 0.25) is 0 Å². The first kappa shape index (κ1) is 15.8. The van der Waals surface area contributed by atoms with Crippen molar-refractivity contribution in [2.45, 2.75) is 17.8 Å². The first-order valence-electron chi connectivity index (χ1n) is 7.82. The molecule has 0 amide bonds. The lowest BCUT2D eigenvalue weighted by Crippen LogP contribution is -2.00. The summed E-state index contributed by atoms with van der Waals surface area (Å²) in [4.78, 5) is 19.7. The highest BCUT2D eigenvalue weighted by Gasteiger charge is 2.09. The summed E-state index contributed by atoms with van der Waals surface area (Å²) in [5.74, 6) is 1.41. The van der Waals surface area contributed by atoms with Crippen LogP contribution in [0.15, 0.2) is 56.8 Å². The van der Waals surface area contributed by atoms with E-state index in [0.29, 0.717) is 11.3 Å². The second kappa shape index (κ2) is 6.29. The van der Waals surface area contributed by atoms with Gasteiger partial charge in [-0.1, -0.05) is 23.4 Å². The van der Waals surface area contributed by atoms with E-state index in [9.17, 15) is 4.79 Å². The summed E-state index contributed by atoms with van der Waals surface area (Å²) in [6.45, 7) is 2.02. The lowest BCUT2D eigenvalue weighted by atomic mass is 10.1. The third-order valence-electron chi connectivity index (χ3n) is 4.02. The number of aromatic nitrogens is 2. The van der Waals surface area contributed by atoms with Crippen LogP contribution in [0, 0.1) is 6.92 Å². The number of aryl methyl sites for hydroxylation is 1. The molecule has 4 aromatic rings. The number of fused-ring (bicyclic) bond motifs is 2. The fourth-order valence-corrected chi connectivity index (χ4v) is 3.64. The topological polar surface area (TPSA) is 68.1 Å². The lowest BCUT2D eigenvalue weighted by Gasteiger charge is -2.05. The summed E-state index contributed by atoms with van der Waals surface area (Å²) >= 11 is 1.55. The molecule has 1 N–H and O–H groups in total. The summed E-state index contributed by atoms with van der Waals surface area (Å²) < 4.78 is 10.5. The summed E-state index contributed by atoms with van der Waals surface area (Å²) in [5.41, 5.74) is 4.16. The summed E-state index contributed by atoms with van der Waals surface area (Å²) in [6, 6.07) is 13.1. The standard InChI is InChI=1S/C19H16N2O3S/c1-11-3-6-17-14(7-11)12(8-18(22)24-17)10-25-19-20-15-5-4-13(23-2)9-16(15)21-19/h3-9H,10H2,1-2H3,(H,20,21). The van der Waals surface area contributed by atoms with E-state index in [-0.39, 0.29) is 5.63 Å². The summed E-state index contributed by atoms with van der Waals surface area (Å²) in [7, 11) is 1.64. The molecule has 2 heterocycles. The maximum atomic E-state index is 11.8. The molecule has 6 heteroatoms. The first-order chi connectivity index (χ1) is 12.1. The van der Waals surface area contributed by atoms with Gasteiger partial charge in [-0.05, 0) is 36.8 Å². The van der Waals surface area contributed by atoms with Crippen molar-refractivity contribution >= 4 is 33.8 Å². The van der Waals surface area contributed by atoms with Crippen molar-refractivity contribution in [3.8, 4) is 5.75 Å². The van der Waals surface area contributed by atoms with Gasteiger partial charge in [0.25, 0.3) is 0 Å². The molecule has 0 aliphatic heterocycles. The number of H-pyrrole nitrogens is 1. The molecule has 0 saturated heterocycles. The molecule has 4 rings (SSSR count). The second-order valence-electron chi connectivity index (χ2n) is 5.80. The molecule has 0 atom stereocenters. The molecule has 0 aliphatic rings. The second-order valence-corrected chi connectivity index (χ2v) is 6.77. The Bertz CT molecular complexity index is 1130. The van der Waals surface area contributed by atoms with Crippen LogP contribution < -0.4 is 10.4 Å². The average molecular weight is 352 g/mol. The van der Waals surface area contributed by atoms with Gasteiger partial charge in [0.1, 0.15) is 11.3 Å². The molecule has 25 heavy (non-hydrogen) atoms. The number of ether oxygens (including phenoxy) is 1. The first-order valence-corrected chi connectivity index (χ1v) is 8.81. The summed E-state index contributed by atoms with van der Waals surface area (Å²) in [6.07, 6.45) is 0. The van der Waals surface area contributed by atoms with Crippen molar-refractivity contribution < 1.29 is 9.15 Å². The average Bonchev–Trinajstić information content (AvgIpc) is 3.02. The molecule has 2 aromatic heterocycles. The smallest absolute Gasteiger partial charge is 0.336 e. The SMILES string of the molecule is COc1ccc2nc(SCc3cc(=O)oc4ccc(C)cc34)[nH]c2c1. The zero-order valence-corrected chi connectivity index (χ0v) is 14.6. The van der Waals surface area contributed by atoms with E-state index < -0.39 is 0 Å². The largest absolute Gasteiger partial charge is 0.497 e. The van der Waals surface area contributed by atoms with Gasteiger partial charge < -0.3 is 14.1 Å². The van der Waals surface area contributed by atoms with Crippen molar-refractivity contribution in [1.82, 2.24) is 9.97 Å². The van der Waals surface area contributed by atoms with Gasteiger partial charge in [0.15, 0.2) is 5.16 Å². The predicted molar refractivity (Wildman–Crippen MR) is 99.4 cm³/mol. The van der Waals surface area contributed by atoms with E-state index in [1.807, 2.05) is 43.3 Å². The molecular weight excluding hydrogens is 336 g/mol. The van der Waals surface area contributed by atoms with Gasteiger partial charge in [0.05, 0.1) is 18.1 Å². The van der Waals surface area contributed by atoms with Gasteiger partial charge in [-0.15, -0.1) is 0 Å². The van der Waals surface area contributed by atoms with Crippen LogP contribution in [0.3, 0.4) is 0 Å². The van der Waals surface area contributed by atoms with Gasteiger partial charge >= 0.3 is 5.63 Å². The zero-order chi connectivity index (χ0) is 17.4. The minimum Gasteiger partial charge on any atom is -0.497 e. The third-order valence-corrected chi connectivity index (χ3v) is 4.94. The van der Waals surface area contributed by atoms with Crippen LogP contribution in [0.1, 0.15) is 11.1 Å². The molecule has 0 unspecified atom stereocenters. The number of rotatable bonds is 4. The Morgan fingerprint density at radius 3 is 2.92 bits per heavy atom. The molecule has 0 radical (unpaired) electrons. The van der Waals surface area contributed by atoms with E-state index in [1.54, 1.807) is 24.9 Å². The van der Waals surface area contributed by atoms with Crippen LogP contribution in [-0.2, 0) is 5.75 Å². The molecule has 0 bridgehead atoms. The van der Waals surface area contributed by atoms with Crippen molar-refractivity contribution in [2.75, 3.05) is 7.11 Å². The van der Waals surface area contributed by atoms with E-state index in [2.05, 4.69) is 9.97 Å². The molecule has 0 spiro atoms. The molecule has 2 aromatic carbocycles. The zero-order valence-electron chi connectivity index (χ0n) is 13.8. The number of thioether (sulfide) groups is 1. The Balaban J connectivity index is 1.66. The quantitative estimate of drug-likeness (QED) is 0.439. The fraction of sp³-hybridized carbons (Fsp3) is 0.158. The van der Waals surface area contributed by atoms with E-state index in [1.165, 1.54) is 0 Å². The van der Waals surface area contributed by atoms with Crippen LogP contribution in [-0.4, -0.2) is 17.1 Å². The lowest BCUT2D eigenvalue weighted by molar-refractivity contribution is 0.415. The van der Waals surface area contributed by atoms with Gasteiger partial charge in [-0.2, -0.15) is 0 Å². The number of benzene rings is 2. The van der Waals surface area contributed by atoms with Crippen molar-refractivity contribution in [2.24, 2.45) is 0 Å². The van der Waals surface area contributed by atoms with Crippen LogP contribution in [0.25, 0.3) is 22.0 Å². The number of methoxy groups -OCH3 is 1. The Kier molecular flexibility index (Phi) is 3.97. The van der Waals surface area contributed by atoms with Gasteiger partial charge in [0.2, 0.25) is 0 Å². The van der Waals surface area contributed by atoms with E-state index in [4.69, 9.17) is 9.15 Å². The third kappa shape index (κ3) is 3.13. The molecular formula is C19H16N2O3S. The highest BCUT2D eigenvalue weighted by atomic mass is 32.2. The number of imidazole rings is 1. The number of nitrogens with one attached hydrogen (secondary N) is 1. The van der Waals surface area contributed by atoms with Crippen LogP contribution >= 0.6 is 11.8 Å². The Morgan fingerprint density at radius 1 is 1.20 bits per heavy atom. The van der Waals surface area contributed by atoms with Crippen molar-refractivity contribution in [1.29, 1.82) is 0 Å². The highest BCUT2D eigenvalue weighted by Crippen LogP contribution is 2.28. The maximum Gasteiger partial charge on any atom is 0.336 e. The molecule has 0 saturated carbocycles. The molecule has 126 valence electrons. The minimum absolute atomic E-state index is 0.332. The summed E-state index contributed by atoms with van der Waals surface area (Å²) in [5, 5.41) is 1.77. The maximum absolute atomic E-state index is 11.8. The van der Waals surface area contributed by atoms with Gasteiger partial charge in [-0.25, -0.2) is 9.78 Å². The Morgan fingerprint density at radius 2 is 2.08 bits per heavy atom. The Labute approximate surface area is 148 Å². The minimum atomic E-state index is -0.332. The van der Waals surface area contributed by atoms with Crippen LogP contribution in [0.4, 0.5) is 0 Å². The van der Waals surface area contributed by atoms with Crippen molar-refractivity contribution in [3.63, 3.8) is 0 Å². The predicted octanol–water partition coefficient (Wildman–Crippen LogP) is 4.28. The molecule has 5 nitrogen and oxygen atoms in total. The fourth-order valence-electron chi connectivity index (χ4n) is 2.77. The van der Waals surface area contributed by atoms with E-state index >= 15 is 0 Å². The normalized spacial score (nSPS) is 11.3. The van der Waals surface area contributed by atoms with Crippen molar-refractivity contribution in [3.05, 3.63) is 64.0 Å². The number of nitrogens with zero attached hydrogens (tertiary/aromatic N) is 1. The number of hydrogen-bond acceptors (Lipinski definition) is 5.